The van der Waals surface area contributed by atoms with Crippen molar-refractivity contribution in [1.29, 1.82) is 5.26 Å². The molecule has 0 spiro atoms. The smallest absolute Gasteiger partial charge is 0.124 e. The van der Waals surface area contributed by atoms with E-state index in [2.05, 4.69) is 0 Å². The Morgan fingerprint density at radius 1 is 1.26 bits per heavy atom. The van der Waals surface area contributed by atoms with Gasteiger partial charge in [0, 0.05) is 0 Å². The van der Waals surface area contributed by atoms with Crippen molar-refractivity contribution >= 4 is 22.4 Å². The minimum Gasteiger partial charge on any atom is -0.254 e. The van der Waals surface area contributed by atoms with E-state index in [1.165, 1.54) is 12.1 Å². The second-order valence-corrected chi connectivity index (χ2v) is 5.71. The predicted octanol–water partition coefficient (Wildman–Crippen LogP) is 3.66. The van der Waals surface area contributed by atoms with Crippen LogP contribution < -0.4 is 0 Å². The summed E-state index contributed by atoms with van der Waals surface area (Å²) in [5.74, 6) is -0.388. The maximum Gasteiger partial charge on any atom is 0.124 e. The van der Waals surface area contributed by atoms with Crippen LogP contribution in [0.5, 0.6) is 0 Å². The summed E-state index contributed by atoms with van der Waals surface area (Å²) < 4.78 is 25.4. The van der Waals surface area contributed by atoms with E-state index in [1.54, 1.807) is 24.3 Å². The molecule has 0 heterocycles. The van der Waals surface area contributed by atoms with Crippen LogP contribution in [0, 0.1) is 17.1 Å². The van der Waals surface area contributed by atoms with Crippen LogP contribution in [0.4, 0.5) is 4.39 Å². The number of nitriles is 1. The normalized spacial score (nSPS) is 11.8. The molecule has 96 valence electrons. The van der Waals surface area contributed by atoms with Crippen LogP contribution in [-0.4, -0.2) is 4.21 Å². The maximum absolute atomic E-state index is 13.3. The highest BCUT2D eigenvalue weighted by Crippen LogP contribution is 2.22. The second-order valence-electron chi connectivity index (χ2n) is 3.88. The lowest BCUT2D eigenvalue weighted by Gasteiger charge is -2.05. The fraction of sp³-hybridized carbons (Fsp3) is 0.0714. The summed E-state index contributed by atoms with van der Waals surface area (Å²) in [4.78, 5) is 0.506. The average molecular weight is 294 g/mol. The molecule has 0 saturated heterocycles. The monoisotopic (exact) mass is 293 g/mol. The molecule has 2 rings (SSSR count). The van der Waals surface area contributed by atoms with Gasteiger partial charge in [0.2, 0.25) is 0 Å². The number of hydrogen-bond donors (Lipinski definition) is 0. The Balaban J connectivity index is 2.27. The molecule has 0 radical (unpaired) electrons. The number of halogens is 2. The van der Waals surface area contributed by atoms with E-state index in [4.69, 9.17) is 16.9 Å². The van der Waals surface area contributed by atoms with E-state index in [0.717, 1.165) is 6.07 Å². The van der Waals surface area contributed by atoms with Crippen molar-refractivity contribution in [2.45, 2.75) is 10.6 Å². The fourth-order valence-corrected chi connectivity index (χ4v) is 3.19. The standard InChI is InChI=1S/C14H9ClFNOS/c15-13-3-1-2-4-14(13)19(18)9-11-5-10(8-17)6-12(16)7-11/h1-7H,9H2. The summed E-state index contributed by atoms with van der Waals surface area (Å²) in [6, 6.07) is 12.6. The van der Waals surface area contributed by atoms with E-state index in [1.807, 2.05) is 6.07 Å². The Morgan fingerprint density at radius 2 is 2.00 bits per heavy atom. The summed E-state index contributed by atoms with van der Waals surface area (Å²) in [5, 5.41) is 9.18. The minimum atomic E-state index is -1.37. The summed E-state index contributed by atoms with van der Waals surface area (Å²) in [6.45, 7) is 0. The molecule has 1 atom stereocenters. The largest absolute Gasteiger partial charge is 0.254 e. The molecule has 0 bridgehead atoms. The molecule has 1 unspecified atom stereocenters. The topological polar surface area (TPSA) is 40.9 Å². The molecule has 0 amide bonds. The quantitative estimate of drug-likeness (QED) is 0.866. The van der Waals surface area contributed by atoms with Crippen molar-refractivity contribution in [2.75, 3.05) is 0 Å². The number of benzene rings is 2. The van der Waals surface area contributed by atoms with E-state index >= 15 is 0 Å². The zero-order valence-electron chi connectivity index (χ0n) is 9.77. The molecule has 5 heteroatoms. The van der Waals surface area contributed by atoms with Gasteiger partial charge < -0.3 is 0 Å². The van der Waals surface area contributed by atoms with Gasteiger partial charge in [0.05, 0.1) is 38.1 Å². The van der Waals surface area contributed by atoms with Gasteiger partial charge in [-0.3, -0.25) is 4.21 Å². The molecule has 0 fully saturated rings. The zero-order chi connectivity index (χ0) is 13.8. The van der Waals surface area contributed by atoms with E-state index in [9.17, 15) is 8.60 Å². The highest BCUT2D eigenvalue weighted by atomic mass is 35.5. The van der Waals surface area contributed by atoms with Crippen LogP contribution in [0.1, 0.15) is 11.1 Å². The van der Waals surface area contributed by atoms with Crippen molar-refractivity contribution in [3.63, 3.8) is 0 Å². The number of rotatable bonds is 3. The SMILES string of the molecule is N#Cc1cc(F)cc(CS(=O)c2ccccc2Cl)c1. The van der Waals surface area contributed by atoms with Crippen molar-refractivity contribution < 1.29 is 8.60 Å². The van der Waals surface area contributed by atoms with Crippen molar-refractivity contribution in [3.8, 4) is 6.07 Å². The number of nitrogens with zero attached hydrogens (tertiary/aromatic N) is 1. The first-order valence-corrected chi connectivity index (χ1v) is 7.12. The van der Waals surface area contributed by atoms with Crippen LogP contribution in [0.2, 0.25) is 5.02 Å². The molecular formula is C14H9ClFNOS. The summed E-state index contributed by atoms with van der Waals surface area (Å²) >= 11 is 5.96. The highest BCUT2D eigenvalue weighted by Gasteiger charge is 2.10. The molecule has 0 aliphatic carbocycles. The molecule has 0 aliphatic rings. The predicted molar refractivity (Wildman–Crippen MR) is 72.7 cm³/mol. The summed E-state index contributed by atoms with van der Waals surface area (Å²) in [7, 11) is -1.37. The molecular weight excluding hydrogens is 285 g/mol. The lowest BCUT2D eigenvalue weighted by Crippen LogP contribution is -1.98. The Hall–Kier alpha value is -1.70. The molecule has 0 aromatic heterocycles. The first kappa shape index (κ1) is 13.7. The first-order chi connectivity index (χ1) is 9.10. The number of hydrogen-bond acceptors (Lipinski definition) is 2. The maximum atomic E-state index is 13.3. The van der Waals surface area contributed by atoms with Gasteiger partial charge in [0.25, 0.3) is 0 Å². The zero-order valence-corrected chi connectivity index (χ0v) is 11.3. The molecule has 2 aromatic carbocycles. The van der Waals surface area contributed by atoms with Gasteiger partial charge in [0.15, 0.2) is 0 Å². The average Bonchev–Trinajstić information content (AvgIpc) is 2.38. The second kappa shape index (κ2) is 5.96. The van der Waals surface area contributed by atoms with Gasteiger partial charge in [-0.05, 0) is 35.9 Å². The first-order valence-electron chi connectivity index (χ1n) is 5.42. The van der Waals surface area contributed by atoms with Crippen LogP contribution in [0.3, 0.4) is 0 Å². The Kier molecular flexibility index (Phi) is 4.31. The van der Waals surface area contributed by atoms with E-state index in [-0.39, 0.29) is 11.3 Å². The summed E-state index contributed by atoms with van der Waals surface area (Å²) in [5.41, 5.74) is 0.723. The van der Waals surface area contributed by atoms with E-state index < -0.39 is 16.6 Å². The highest BCUT2D eigenvalue weighted by molar-refractivity contribution is 7.84. The van der Waals surface area contributed by atoms with Crippen LogP contribution in [0.15, 0.2) is 47.4 Å². The van der Waals surface area contributed by atoms with Crippen molar-refractivity contribution in [3.05, 3.63) is 64.4 Å². The molecule has 0 aliphatic heterocycles. The lowest BCUT2D eigenvalue weighted by molar-refractivity contribution is 0.625. The minimum absolute atomic E-state index is 0.121. The van der Waals surface area contributed by atoms with Crippen LogP contribution in [-0.2, 0) is 16.6 Å². The molecule has 0 N–H and O–H groups in total. The van der Waals surface area contributed by atoms with Gasteiger partial charge in [0.1, 0.15) is 5.82 Å². The Bertz CT molecular complexity index is 681. The third-order valence-corrected chi connectivity index (χ3v) is 4.35. The fourth-order valence-electron chi connectivity index (χ4n) is 1.66. The van der Waals surface area contributed by atoms with Gasteiger partial charge in [-0.2, -0.15) is 5.26 Å². The van der Waals surface area contributed by atoms with Crippen molar-refractivity contribution in [2.24, 2.45) is 0 Å². The van der Waals surface area contributed by atoms with E-state index in [0.29, 0.717) is 15.5 Å². The van der Waals surface area contributed by atoms with Crippen LogP contribution in [0.25, 0.3) is 0 Å². The van der Waals surface area contributed by atoms with Crippen molar-refractivity contribution in [1.82, 2.24) is 0 Å². The molecule has 2 nitrogen and oxygen atoms in total. The third-order valence-electron chi connectivity index (χ3n) is 2.47. The molecule has 19 heavy (non-hydrogen) atoms. The summed E-state index contributed by atoms with van der Waals surface area (Å²) in [6.07, 6.45) is 0. The Morgan fingerprint density at radius 3 is 2.68 bits per heavy atom. The van der Waals surface area contributed by atoms with Gasteiger partial charge >= 0.3 is 0 Å². The van der Waals surface area contributed by atoms with Gasteiger partial charge in [-0.15, -0.1) is 0 Å². The lowest BCUT2D eigenvalue weighted by atomic mass is 10.1. The van der Waals surface area contributed by atoms with Crippen LogP contribution >= 0.6 is 11.6 Å². The molecule has 2 aromatic rings. The van der Waals surface area contributed by atoms with Gasteiger partial charge in [-0.1, -0.05) is 23.7 Å². The van der Waals surface area contributed by atoms with Gasteiger partial charge in [-0.25, -0.2) is 4.39 Å². The molecule has 0 saturated carbocycles. The third kappa shape index (κ3) is 3.40. The Labute approximate surface area is 117 Å².